The first-order chi connectivity index (χ1) is 10.1. The van der Waals surface area contributed by atoms with Gasteiger partial charge in [-0.15, -0.1) is 0 Å². The smallest absolute Gasteiger partial charge is 0.338 e. The molecule has 108 valence electrons. The van der Waals surface area contributed by atoms with Crippen molar-refractivity contribution < 1.29 is 9.53 Å². The minimum atomic E-state index is -0.357. The van der Waals surface area contributed by atoms with Gasteiger partial charge in [0.05, 0.1) is 5.56 Å². The Morgan fingerprint density at radius 2 is 1.71 bits per heavy atom. The molecule has 0 atom stereocenters. The van der Waals surface area contributed by atoms with E-state index in [1.54, 1.807) is 24.3 Å². The fraction of sp³-hybridized carbons (Fsp3) is 0.125. The van der Waals surface area contributed by atoms with E-state index in [1.807, 2.05) is 30.3 Å². The average Bonchev–Trinajstić information content (AvgIpc) is 2.52. The highest BCUT2D eigenvalue weighted by atomic mass is 16.5. The summed E-state index contributed by atoms with van der Waals surface area (Å²) < 4.78 is 5.24. The molecule has 0 unspecified atom stereocenters. The number of hydrogen-bond donors (Lipinski definition) is 3. The van der Waals surface area contributed by atoms with Crippen LogP contribution in [0.5, 0.6) is 0 Å². The molecule has 0 saturated heterocycles. The molecule has 0 aliphatic carbocycles. The number of nitrogens with two attached hydrogens (primary N) is 1. The van der Waals surface area contributed by atoms with Crippen molar-refractivity contribution in [3.05, 3.63) is 71.3 Å². The van der Waals surface area contributed by atoms with Gasteiger partial charge in [0, 0.05) is 6.54 Å². The van der Waals surface area contributed by atoms with Crippen molar-refractivity contribution in [2.75, 3.05) is 0 Å². The number of benzene rings is 2. The van der Waals surface area contributed by atoms with Gasteiger partial charge in [0.15, 0.2) is 5.96 Å². The quantitative estimate of drug-likeness (QED) is 0.445. The van der Waals surface area contributed by atoms with E-state index >= 15 is 0 Å². The van der Waals surface area contributed by atoms with Gasteiger partial charge in [-0.1, -0.05) is 42.5 Å². The van der Waals surface area contributed by atoms with Crippen LogP contribution < -0.4 is 11.1 Å². The molecule has 0 spiro atoms. The van der Waals surface area contributed by atoms with Gasteiger partial charge in [0.2, 0.25) is 0 Å². The summed E-state index contributed by atoms with van der Waals surface area (Å²) in [6.07, 6.45) is 0. The minimum absolute atomic E-state index is 0.0821. The van der Waals surface area contributed by atoms with Crippen molar-refractivity contribution in [3.63, 3.8) is 0 Å². The van der Waals surface area contributed by atoms with Gasteiger partial charge in [0.1, 0.15) is 6.61 Å². The monoisotopic (exact) mass is 283 g/mol. The number of guanidine groups is 1. The number of carbonyl (C=O) groups excluding carboxylic acids is 1. The highest BCUT2D eigenvalue weighted by molar-refractivity contribution is 5.89. The largest absolute Gasteiger partial charge is 0.457 e. The molecule has 4 N–H and O–H groups in total. The zero-order valence-electron chi connectivity index (χ0n) is 11.5. The summed E-state index contributed by atoms with van der Waals surface area (Å²) in [6, 6.07) is 16.5. The number of esters is 1. The molecule has 2 aromatic rings. The first kappa shape index (κ1) is 14.6. The Morgan fingerprint density at radius 3 is 2.33 bits per heavy atom. The van der Waals surface area contributed by atoms with Gasteiger partial charge >= 0.3 is 5.97 Å². The van der Waals surface area contributed by atoms with E-state index in [0.29, 0.717) is 12.1 Å². The maximum Gasteiger partial charge on any atom is 0.338 e. The van der Waals surface area contributed by atoms with E-state index < -0.39 is 0 Å². The van der Waals surface area contributed by atoms with Crippen LogP contribution >= 0.6 is 0 Å². The van der Waals surface area contributed by atoms with Crippen molar-refractivity contribution in [2.24, 2.45) is 5.73 Å². The highest BCUT2D eigenvalue weighted by Crippen LogP contribution is 2.08. The molecule has 0 saturated carbocycles. The van der Waals surface area contributed by atoms with E-state index in [9.17, 15) is 4.79 Å². The van der Waals surface area contributed by atoms with Crippen LogP contribution in [-0.2, 0) is 17.9 Å². The van der Waals surface area contributed by atoms with Crippen LogP contribution in [0.25, 0.3) is 0 Å². The lowest BCUT2D eigenvalue weighted by Gasteiger charge is -2.07. The third kappa shape index (κ3) is 4.65. The molecule has 21 heavy (non-hydrogen) atoms. The summed E-state index contributed by atoms with van der Waals surface area (Å²) in [5.74, 6) is -0.439. The second-order valence-electron chi connectivity index (χ2n) is 4.53. The third-order valence-electron chi connectivity index (χ3n) is 2.89. The predicted molar refractivity (Wildman–Crippen MR) is 80.8 cm³/mol. The second kappa shape index (κ2) is 7.09. The maximum absolute atomic E-state index is 11.9. The van der Waals surface area contributed by atoms with Crippen molar-refractivity contribution in [1.82, 2.24) is 5.32 Å². The topological polar surface area (TPSA) is 88.2 Å². The summed E-state index contributed by atoms with van der Waals surface area (Å²) in [4.78, 5) is 11.9. The second-order valence-corrected chi connectivity index (χ2v) is 4.53. The van der Waals surface area contributed by atoms with E-state index in [2.05, 4.69) is 5.32 Å². The van der Waals surface area contributed by atoms with Gasteiger partial charge in [-0.2, -0.15) is 0 Å². The molecule has 0 aliphatic rings. The third-order valence-corrected chi connectivity index (χ3v) is 2.89. The SMILES string of the molecule is N=C(N)NCc1ccc(C(=O)OCc2ccccc2)cc1. The van der Waals surface area contributed by atoms with Gasteiger partial charge in [-0.05, 0) is 23.3 Å². The van der Waals surface area contributed by atoms with Crippen molar-refractivity contribution in [3.8, 4) is 0 Å². The molecule has 0 heterocycles. The zero-order chi connectivity index (χ0) is 15.1. The lowest BCUT2D eigenvalue weighted by atomic mass is 10.1. The Kier molecular flexibility index (Phi) is 4.93. The standard InChI is InChI=1S/C16H17N3O2/c17-16(18)19-10-12-6-8-14(9-7-12)15(20)21-11-13-4-2-1-3-5-13/h1-9H,10-11H2,(H4,17,18,19). The van der Waals surface area contributed by atoms with Crippen molar-refractivity contribution in [2.45, 2.75) is 13.2 Å². The number of rotatable bonds is 5. The number of carbonyl (C=O) groups is 1. The molecule has 0 aromatic heterocycles. The predicted octanol–water partition coefficient (Wildman–Crippen LogP) is 2.03. The number of nitrogens with one attached hydrogen (secondary N) is 2. The number of hydrogen-bond acceptors (Lipinski definition) is 3. The van der Waals surface area contributed by atoms with Crippen LogP contribution in [0.4, 0.5) is 0 Å². The maximum atomic E-state index is 11.9. The zero-order valence-corrected chi connectivity index (χ0v) is 11.5. The van der Waals surface area contributed by atoms with E-state index in [-0.39, 0.29) is 18.5 Å². The molecular weight excluding hydrogens is 266 g/mol. The molecular formula is C16H17N3O2. The van der Waals surface area contributed by atoms with Crippen LogP contribution in [0.1, 0.15) is 21.5 Å². The average molecular weight is 283 g/mol. The van der Waals surface area contributed by atoms with Crippen molar-refractivity contribution in [1.29, 1.82) is 5.41 Å². The van der Waals surface area contributed by atoms with Crippen LogP contribution in [0.15, 0.2) is 54.6 Å². The molecule has 0 bridgehead atoms. The Morgan fingerprint density at radius 1 is 1.05 bits per heavy atom. The van der Waals surface area contributed by atoms with Gasteiger partial charge in [-0.3, -0.25) is 5.41 Å². The Labute approximate surface area is 123 Å². The van der Waals surface area contributed by atoms with Crippen LogP contribution in [0.2, 0.25) is 0 Å². The normalized spacial score (nSPS) is 9.90. The van der Waals surface area contributed by atoms with E-state index in [1.165, 1.54) is 0 Å². The summed E-state index contributed by atoms with van der Waals surface area (Å²) in [6.45, 7) is 0.710. The highest BCUT2D eigenvalue weighted by Gasteiger charge is 2.07. The molecule has 0 amide bonds. The Hall–Kier alpha value is -2.82. The molecule has 5 heteroatoms. The lowest BCUT2D eigenvalue weighted by molar-refractivity contribution is 0.0472. The van der Waals surface area contributed by atoms with Crippen molar-refractivity contribution >= 4 is 11.9 Å². The summed E-state index contributed by atoms with van der Waals surface area (Å²) >= 11 is 0. The summed E-state index contributed by atoms with van der Waals surface area (Å²) in [5.41, 5.74) is 7.60. The molecule has 0 fully saturated rings. The fourth-order valence-electron chi connectivity index (χ4n) is 1.76. The van der Waals surface area contributed by atoms with Crippen LogP contribution in [0, 0.1) is 5.41 Å². The molecule has 5 nitrogen and oxygen atoms in total. The minimum Gasteiger partial charge on any atom is -0.457 e. The van der Waals surface area contributed by atoms with Gasteiger partial charge in [-0.25, -0.2) is 4.79 Å². The fourth-order valence-corrected chi connectivity index (χ4v) is 1.76. The van der Waals surface area contributed by atoms with Crippen LogP contribution in [-0.4, -0.2) is 11.9 Å². The first-order valence-corrected chi connectivity index (χ1v) is 6.53. The molecule has 2 aromatic carbocycles. The summed E-state index contributed by atoms with van der Waals surface area (Å²) in [5, 5.41) is 9.79. The van der Waals surface area contributed by atoms with Crippen LogP contribution in [0.3, 0.4) is 0 Å². The summed E-state index contributed by atoms with van der Waals surface area (Å²) in [7, 11) is 0. The Balaban J connectivity index is 1.89. The first-order valence-electron chi connectivity index (χ1n) is 6.53. The molecule has 0 aliphatic heterocycles. The molecule has 2 rings (SSSR count). The van der Waals surface area contributed by atoms with Gasteiger partial charge in [0.25, 0.3) is 0 Å². The lowest BCUT2D eigenvalue weighted by Crippen LogP contribution is -2.29. The Bertz CT molecular complexity index is 609. The number of ether oxygens (including phenoxy) is 1. The van der Waals surface area contributed by atoms with E-state index in [0.717, 1.165) is 11.1 Å². The van der Waals surface area contributed by atoms with Gasteiger partial charge < -0.3 is 15.8 Å². The molecule has 0 radical (unpaired) electrons. The van der Waals surface area contributed by atoms with E-state index in [4.69, 9.17) is 15.9 Å².